The van der Waals surface area contributed by atoms with Crippen LogP contribution in [-0.2, 0) is 30.5 Å². The summed E-state index contributed by atoms with van der Waals surface area (Å²) in [6.07, 6.45) is 19.3. The first kappa shape index (κ1) is 30.4. The molecule has 1 unspecified atom stereocenters. The molecule has 0 spiro atoms. The maximum atomic E-state index is 9.57. The third-order valence-corrected chi connectivity index (χ3v) is 9.01. The number of allylic oxidation sites excluding steroid dienone is 1. The molecule has 0 saturated heterocycles. The summed E-state index contributed by atoms with van der Waals surface area (Å²) in [5.41, 5.74) is 10.3. The summed E-state index contributed by atoms with van der Waals surface area (Å²) >= 11 is 0. The van der Waals surface area contributed by atoms with Crippen LogP contribution in [0.4, 0.5) is 0 Å². The highest BCUT2D eigenvalue weighted by Crippen LogP contribution is 2.37. The molecule has 0 amide bonds. The topological polar surface area (TPSA) is 37.3 Å². The Labute approximate surface area is 233 Å². The lowest BCUT2D eigenvalue weighted by molar-refractivity contribution is -0.0980. The monoisotopic (exact) mass is 516 g/mol. The first-order chi connectivity index (χ1) is 18.6. The fraction of sp³-hybridized carbons (Fsp3) is 0.583. The minimum absolute atomic E-state index is 0.315. The van der Waals surface area contributed by atoms with Gasteiger partial charge in [0.1, 0.15) is 6.79 Å². The van der Waals surface area contributed by atoms with E-state index in [1.54, 1.807) is 16.7 Å². The summed E-state index contributed by atoms with van der Waals surface area (Å²) in [6, 6.07) is 14.5. The Balaban J connectivity index is 0.00000195. The zero-order valence-electron chi connectivity index (χ0n) is 24.3. The first-order valence-corrected chi connectivity index (χ1v) is 15.3. The molecule has 2 aromatic carbocycles. The summed E-state index contributed by atoms with van der Waals surface area (Å²) < 4.78 is 0. The Hall–Kier alpha value is -2.19. The van der Waals surface area contributed by atoms with E-state index in [-0.39, 0.29) is 0 Å². The van der Waals surface area contributed by atoms with E-state index < -0.39 is 0 Å². The second kappa shape index (κ2) is 16.0. The summed E-state index contributed by atoms with van der Waals surface area (Å²) in [5.74, 6) is 2.29. The van der Waals surface area contributed by atoms with Crippen molar-refractivity contribution in [2.24, 2.45) is 17.8 Å². The molecule has 4 rings (SSSR count). The van der Waals surface area contributed by atoms with Gasteiger partial charge in [-0.2, -0.15) is 0 Å². The van der Waals surface area contributed by atoms with Crippen LogP contribution in [0, 0.1) is 17.8 Å². The van der Waals surface area contributed by atoms with Gasteiger partial charge in [-0.05, 0) is 103 Å². The zero-order valence-corrected chi connectivity index (χ0v) is 24.3. The SMILES string of the molecule is C=C(C)CC(CO)CCCCC1CCC(CCc2ccc3c(c2)CCc2cc(CCC)ccc2-3)CC1.C=O. The highest BCUT2D eigenvalue weighted by Gasteiger charge is 2.22. The maximum absolute atomic E-state index is 9.57. The summed E-state index contributed by atoms with van der Waals surface area (Å²) in [7, 11) is 0. The molecule has 0 aliphatic heterocycles. The molecule has 1 saturated carbocycles. The van der Waals surface area contributed by atoms with E-state index in [1.165, 1.54) is 106 Å². The number of rotatable bonds is 13. The van der Waals surface area contributed by atoms with Gasteiger partial charge < -0.3 is 9.90 Å². The number of hydrogen-bond acceptors (Lipinski definition) is 2. The molecule has 0 bridgehead atoms. The molecule has 2 heteroatoms. The molecule has 208 valence electrons. The fourth-order valence-corrected chi connectivity index (χ4v) is 6.90. The minimum atomic E-state index is 0.315. The lowest BCUT2D eigenvalue weighted by atomic mass is 9.77. The molecular formula is C36H52O2. The van der Waals surface area contributed by atoms with Crippen molar-refractivity contribution in [2.75, 3.05) is 6.61 Å². The van der Waals surface area contributed by atoms with Crippen LogP contribution in [0.15, 0.2) is 48.6 Å². The third-order valence-electron chi connectivity index (χ3n) is 9.01. The second-order valence-electron chi connectivity index (χ2n) is 12.2. The van der Waals surface area contributed by atoms with Gasteiger partial charge in [0.15, 0.2) is 0 Å². The standard InChI is InChI=1S/C35H50O.CH2O/c1-4-7-29-16-20-34-32(23-29)18-19-33-24-30(17-21-35(33)34)15-14-28-12-10-27(11-13-28)8-5-6-9-31(25-36)22-26(2)3;1-2/h16-17,20-21,23-24,27-28,31,36H,2,4-15,18-19,22,25H2,1,3H3;1H2. The predicted molar refractivity (Wildman–Crippen MR) is 163 cm³/mol. The van der Waals surface area contributed by atoms with Gasteiger partial charge in [-0.1, -0.05) is 100 Å². The normalized spacial score (nSPS) is 19.0. The van der Waals surface area contributed by atoms with Gasteiger partial charge in [0.05, 0.1) is 0 Å². The Kier molecular flexibility index (Phi) is 12.8. The molecule has 2 nitrogen and oxygen atoms in total. The highest BCUT2D eigenvalue weighted by molar-refractivity contribution is 5.73. The molecule has 0 heterocycles. The maximum Gasteiger partial charge on any atom is 0.106 e. The van der Waals surface area contributed by atoms with E-state index in [0.717, 1.165) is 24.7 Å². The van der Waals surface area contributed by atoms with Gasteiger partial charge in [0.2, 0.25) is 0 Å². The number of benzene rings is 2. The van der Waals surface area contributed by atoms with Crippen molar-refractivity contribution in [3.05, 3.63) is 70.8 Å². The van der Waals surface area contributed by atoms with E-state index in [1.807, 2.05) is 6.79 Å². The fourth-order valence-electron chi connectivity index (χ4n) is 6.90. The molecule has 2 aliphatic carbocycles. The number of unbranched alkanes of at least 4 members (excludes halogenated alkanes) is 1. The summed E-state index contributed by atoms with van der Waals surface area (Å²) in [5, 5.41) is 9.57. The van der Waals surface area contributed by atoms with Crippen molar-refractivity contribution in [3.63, 3.8) is 0 Å². The Morgan fingerprint density at radius 2 is 1.42 bits per heavy atom. The van der Waals surface area contributed by atoms with Crippen molar-refractivity contribution in [3.8, 4) is 11.1 Å². The first-order valence-electron chi connectivity index (χ1n) is 15.3. The average molecular weight is 517 g/mol. The van der Waals surface area contributed by atoms with Gasteiger partial charge >= 0.3 is 0 Å². The van der Waals surface area contributed by atoms with Crippen molar-refractivity contribution in [2.45, 2.75) is 110 Å². The quantitative estimate of drug-likeness (QED) is 0.213. The van der Waals surface area contributed by atoms with Crippen LogP contribution in [0.5, 0.6) is 0 Å². The summed E-state index contributed by atoms with van der Waals surface area (Å²) in [6.45, 7) is 10.7. The number of aryl methyl sites for hydroxylation is 4. The zero-order chi connectivity index (χ0) is 27.3. The molecule has 0 radical (unpaired) electrons. The van der Waals surface area contributed by atoms with Crippen LogP contribution >= 0.6 is 0 Å². The minimum Gasteiger partial charge on any atom is -0.396 e. The highest BCUT2D eigenvalue weighted by atomic mass is 16.3. The number of carbonyl (C=O) groups is 1. The summed E-state index contributed by atoms with van der Waals surface area (Å²) in [4.78, 5) is 8.00. The Morgan fingerprint density at radius 3 is 1.95 bits per heavy atom. The second-order valence-corrected chi connectivity index (χ2v) is 12.2. The molecule has 2 aliphatic rings. The average Bonchev–Trinajstić information content (AvgIpc) is 2.95. The van der Waals surface area contributed by atoms with Crippen molar-refractivity contribution in [1.82, 2.24) is 0 Å². The number of aliphatic hydroxyl groups excluding tert-OH is 1. The Morgan fingerprint density at radius 1 is 0.868 bits per heavy atom. The van der Waals surface area contributed by atoms with E-state index in [0.29, 0.717) is 12.5 Å². The van der Waals surface area contributed by atoms with Crippen LogP contribution < -0.4 is 0 Å². The molecule has 1 atom stereocenters. The van der Waals surface area contributed by atoms with Crippen LogP contribution in [0.2, 0.25) is 0 Å². The van der Waals surface area contributed by atoms with Gasteiger partial charge in [0.25, 0.3) is 0 Å². The lowest BCUT2D eigenvalue weighted by Crippen LogP contribution is -2.15. The lowest BCUT2D eigenvalue weighted by Gasteiger charge is -2.29. The van der Waals surface area contributed by atoms with Crippen LogP contribution in [0.1, 0.15) is 107 Å². The van der Waals surface area contributed by atoms with Crippen molar-refractivity contribution in [1.29, 1.82) is 0 Å². The van der Waals surface area contributed by atoms with Crippen molar-refractivity contribution < 1.29 is 9.90 Å². The van der Waals surface area contributed by atoms with Gasteiger partial charge in [-0.15, -0.1) is 6.58 Å². The number of fused-ring (bicyclic) bond motifs is 3. The third kappa shape index (κ3) is 8.94. The van der Waals surface area contributed by atoms with E-state index in [9.17, 15) is 5.11 Å². The van der Waals surface area contributed by atoms with Crippen LogP contribution in [-0.4, -0.2) is 18.5 Å². The van der Waals surface area contributed by atoms with Crippen molar-refractivity contribution >= 4 is 6.79 Å². The number of hydrogen-bond donors (Lipinski definition) is 1. The predicted octanol–water partition coefficient (Wildman–Crippen LogP) is 9.09. The number of carbonyl (C=O) groups excluding carboxylic acids is 1. The van der Waals surface area contributed by atoms with Crippen LogP contribution in [0.25, 0.3) is 11.1 Å². The van der Waals surface area contributed by atoms with E-state index in [4.69, 9.17) is 4.79 Å². The Bertz CT molecular complexity index is 998. The molecule has 1 N–H and O–H groups in total. The molecule has 0 aromatic heterocycles. The largest absolute Gasteiger partial charge is 0.396 e. The number of aliphatic hydroxyl groups is 1. The molecule has 1 fully saturated rings. The molecule has 38 heavy (non-hydrogen) atoms. The van der Waals surface area contributed by atoms with Gasteiger partial charge in [0, 0.05) is 6.61 Å². The smallest absolute Gasteiger partial charge is 0.106 e. The van der Waals surface area contributed by atoms with E-state index >= 15 is 0 Å². The molecular weight excluding hydrogens is 464 g/mol. The van der Waals surface area contributed by atoms with Gasteiger partial charge in [-0.25, -0.2) is 0 Å². The van der Waals surface area contributed by atoms with E-state index in [2.05, 4.69) is 56.8 Å². The molecule has 2 aromatic rings. The van der Waals surface area contributed by atoms with Gasteiger partial charge in [-0.3, -0.25) is 0 Å². The van der Waals surface area contributed by atoms with Crippen LogP contribution in [0.3, 0.4) is 0 Å².